The Morgan fingerprint density at radius 1 is 1.31 bits per heavy atom. The number of piperidine rings is 1. The normalized spacial score (nSPS) is 17.6. The molecule has 1 rings (SSSR count). The van der Waals surface area contributed by atoms with E-state index in [4.69, 9.17) is 4.84 Å². The van der Waals surface area contributed by atoms with E-state index in [0.717, 1.165) is 25.9 Å². The molecule has 1 N–H and O–H groups in total. The van der Waals surface area contributed by atoms with Crippen molar-refractivity contribution in [3.63, 3.8) is 0 Å². The van der Waals surface area contributed by atoms with Gasteiger partial charge in [0.15, 0.2) is 0 Å². The molecule has 0 aromatic carbocycles. The summed E-state index contributed by atoms with van der Waals surface area (Å²) >= 11 is 0. The van der Waals surface area contributed by atoms with E-state index in [1.165, 1.54) is 6.42 Å². The first-order chi connectivity index (χ1) is 6.20. The molecule has 1 saturated heterocycles. The molecule has 1 aliphatic heterocycles. The van der Waals surface area contributed by atoms with Crippen LogP contribution in [0.15, 0.2) is 0 Å². The number of hydrogen-bond donors (Lipinski definition) is 1. The first-order valence-electron chi connectivity index (χ1n) is 4.90. The molecule has 76 valence electrons. The van der Waals surface area contributed by atoms with Gasteiger partial charge in [0.05, 0.1) is 6.10 Å². The standard InChI is InChI=1S/C9H18N2O2/c1-8(2)13-10-9(12)11-6-4-3-5-7-11/h8H,3-7H2,1-2H3,(H,10,12). The van der Waals surface area contributed by atoms with Crippen molar-refractivity contribution in [1.29, 1.82) is 0 Å². The lowest BCUT2D eigenvalue weighted by atomic mass is 10.1. The van der Waals surface area contributed by atoms with Crippen LogP contribution in [0.4, 0.5) is 4.79 Å². The van der Waals surface area contributed by atoms with Crippen LogP contribution < -0.4 is 5.48 Å². The number of hydrogen-bond acceptors (Lipinski definition) is 2. The molecule has 0 saturated carbocycles. The number of carbonyl (C=O) groups excluding carboxylic acids is 1. The van der Waals surface area contributed by atoms with Gasteiger partial charge in [-0.25, -0.2) is 10.3 Å². The zero-order chi connectivity index (χ0) is 9.68. The van der Waals surface area contributed by atoms with Gasteiger partial charge in [-0.05, 0) is 33.1 Å². The fourth-order valence-electron chi connectivity index (χ4n) is 1.33. The van der Waals surface area contributed by atoms with Crippen LogP contribution in [0.1, 0.15) is 33.1 Å². The van der Waals surface area contributed by atoms with E-state index in [1.807, 2.05) is 13.8 Å². The second-order valence-electron chi connectivity index (χ2n) is 3.62. The first-order valence-corrected chi connectivity index (χ1v) is 4.90. The number of amides is 2. The largest absolute Gasteiger partial charge is 0.341 e. The smallest absolute Gasteiger partial charge is 0.323 e. The number of likely N-dealkylation sites (tertiary alicyclic amines) is 1. The van der Waals surface area contributed by atoms with Gasteiger partial charge in [-0.3, -0.25) is 4.84 Å². The van der Waals surface area contributed by atoms with Crippen LogP contribution in [-0.2, 0) is 4.84 Å². The van der Waals surface area contributed by atoms with Gasteiger partial charge >= 0.3 is 6.03 Å². The zero-order valence-electron chi connectivity index (χ0n) is 8.38. The van der Waals surface area contributed by atoms with Gasteiger partial charge in [0.2, 0.25) is 0 Å². The molecule has 0 bridgehead atoms. The highest BCUT2D eigenvalue weighted by Crippen LogP contribution is 2.08. The van der Waals surface area contributed by atoms with Gasteiger partial charge in [-0.1, -0.05) is 0 Å². The molecule has 1 heterocycles. The Hall–Kier alpha value is -0.770. The van der Waals surface area contributed by atoms with Crippen molar-refractivity contribution >= 4 is 6.03 Å². The molecule has 2 amide bonds. The summed E-state index contributed by atoms with van der Waals surface area (Å²) in [4.78, 5) is 18.2. The number of rotatable bonds is 2. The van der Waals surface area contributed by atoms with E-state index in [1.54, 1.807) is 4.90 Å². The average molecular weight is 186 g/mol. The Morgan fingerprint density at radius 3 is 2.46 bits per heavy atom. The van der Waals surface area contributed by atoms with Crippen LogP contribution in [0, 0.1) is 0 Å². The van der Waals surface area contributed by atoms with Crippen molar-refractivity contribution in [2.75, 3.05) is 13.1 Å². The maximum absolute atomic E-state index is 11.4. The molecular weight excluding hydrogens is 168 g/mol. The topological polar surface area (TPSA) is 41.6 Å². The van der Waals surface area contributed by atoms with Crippen molar-refractivity contribution in [2.24, 2.45) is 0 Å². The lowest BCUT2D eigenvalue weighted by Gasteiger charge is -2.26. The fraction of sp³-hybridized carbons (Fsp3) is 0.889. The van der Waals surface area contributed by atoms with Crippen LogP contribution in [-0.4, -0.2) is 30.1 Å². The maximum Gasteiger partial charge on any atom is 0.341 e. The highest BCUT2D eigenvalue weighted by molar-refractivity contribution is 5.73. The number of nitrogens with one attached hydrogen (secondary N) is 1. The lowest BCUT2D eigenvalue weighted by molar-refractivity contribution is 0.00555. The molecule has 4 heteroatoms. The molecule has 13 heavy (non-hydrogen) atoms. The number of urea groups is 1. The third kappa shape index (κ3) is 3.63. The van der Waals surface area contributed by atoms with Gasteiger partial charge in [-0.2, -0.15) is 0 Å². The molecule has 0 spiro atoms. The molecule has 0 radical (unpaired) electrons. The molecule has 4 nitrogen and oxygen atoms in total. The van der Waals surface area contributed by atoms with Gasteiger partial charge in [0, 0.05) is 13.1 Å². The fourth-order valence-corrected chi connectivity index (χ4v) is 1.33. The summed E-state index contributed by atoms with van der Waals surface area (Å²) in [6.45, 7) is 5.48. The molecule has 0 aromatic heterocycles. The van der Waals surface area contributed by atoms with Crippen molar-refractivity contribution in [2.45, 2.75) is 39.2 Å². The Morgan fingerprint density at radius 2 is 1.92 bits per heavy atom. The van der Waals surface area contributed by atoms with E-state index >= 15 is 0 Å². The van der Waals surface area contributed by atoms with Gasteiger partial charge < -0.3 is 4.90 Å². The molecule has 0 atom stereocenters. The van der Waals surface area contributed by atoms with Crippen LogP contribution >= 0.6 is 0 Å². The minimum atomic E-state index is -0.103. The molecule has 1 fully saturated rings. The highest BCUT2D eigenvalue weighted by atomic mass is 16.7. The van der Waals surface area contributed by atoms with Gasteiger partial charge in [0.1, 0.15) is 0 Å². The van der Waals surface area contributed by atoms with E-state index in [-0.39, 0.29) is 12.1 Å². The van der Waals surface area contributed by atoms with E-state index in [0.29, 0.717) is 0 Å². The predicted octanol–water partition coefficient (Wildman–Crippen LogP) is 1.52. The van der Waals surface area contributed by atoms with E-state index in [9.17, 15) is 4.79 Å². The Bertz CT molecular complexity index is 165. The van der Waals surface area contributed by atoms with Crippen LogP contribution in [0.3, 0.4) is 0 Å². The van der Waals surface area contributed by atoms with Crippen molar-refractivity contribution in [1.82, 2.24) is 10.4 Å². The average Bonchev–Trinajstić information content (AvgIpc) is 2.15. The van der Waals surface area contributed by atoms with Crippen LogP contribution in [0.2, 0.25) is 0 Å². The molecule has 1 aliphatic rings. The van der Waals surface area contributed by atoms with Crippen LogP contribution in [0.25, 0.3) is 0 Å². The second kappa shape index (κ2) is 5.07. The molecule has 0 aromatic rings. The minimum Gasteiger partial charge on any atom is -0.323 e. The first kappa shape index (κ1) is 10.3. The van der Waals surface area contributed by atoms with Gasteiger partial charge in [-0.15, -0.1) is 0 Å². The number of nitrogens with zero attached hydrogens (tertiary/aromatic N) is 1. The molecular formula is C9H18N2O2. The third-order valence-corrected chi connectivity index (χ3v) is 2.03. The lowest BCUT2D eigenvalue weighted by Crippen LogP contribution is -2.43. The summed E-state index contributed by atoms with van der Waals surface area (Å²) in [5.74, 6) is 0. The van der Waals surface area contributed by atoms with Crippen molar-refractivity contribution in [3.05, 3.63) is 0 Å². The zero-order valence-corrected chi connectivity index (χ0v) is 8.38. The Balaban J connectivity index is 2.21. The van der Waals surface area contributed by atoms with Gasteiger partial charge in [0.25, 0.3) is 0 Å². The van der Waals surface area contributed by atoms with Crippen LogP contribution in [0.5, 0.6) is 0 Å². The van der Waals surface area contributed by atoms with Crippen molar-refractivity contribution < 1.29 is 9.63 Å². The number of hydroxylamine groups is 1. The Kier molecular flexibility index (Phi) is 4.02. The van der Waals surface area contributed by atoms with E-state index < -0.39 is 0 Å². The monoisotopic (exact) mass is 186 g/mol. The maximum atomic E-state index is 11.4. The SMILES string of the molecule is CC(C)ONC(=O)N1CCCCC1. The second-order valence-corrected chi connectivity index (χ2v) is 3.62. The Labute approximate surface area is 79.2 Å². The number of carbonyl (C=O) groups is 1. The highest BCUT2D eigenvalue weighted by Gasteiger charge is 2.16. The quantitative estimate of drug-likeness (QED) is 0.664. The molecule has 0 aliphatic carbocycles. The summed E-state index contributed by atoms with van der Waals surface area (Å²) in [5, 5.41) is 0. The summed E-state index contributed by atoms with van der Waals surface area (Å²) < 4.78 is 0. The summed E-state index contributed by atoms with van der Waals surface area (Å²) in [6, 6.07) is -0.103. The summed E-state index contributed by atoms with van der Waals surface area (Å²) in [5.41, 5.74) is 2.44. The van der Waals surface area contributed by atoms with Crippen molar-refractivity contribution in [3.8, 4) is 0 Å². The predicted molar refractivity (Wildman–Crippen MR) is 50.2 cm³/mol. The molecule has 0 unspecified atom stereocenters. The van der Waals surface area contributed by atoms with E-state index in [2.05, 4.69) is 5.48 Å². The summed E-state index contributed by atoms with van der Waals surface area (Å²) in [6.07, 6.45) is 3.48. The summed E-state index contributed by atoms with van der Waals surface area (Å²) in [7, 11) is 0. The third-order valence-electron chi connectivity index (χ3n) is 2.03. The minimum absolute atomic E-state index is 0.0359.